The summed E-state index contributed by atoms with van der Waals surface area (Å²) in [5, 5.41) is 0. The Balaban J connectivity index is 1.84. The van der Waals surface area contributed by atoms with Crippen molar-refractivity contribution in [3.63, 3.8) is 0 Å². The van der Waals surface area contributed by atoms with Crippen LogP contribution in [0.2, 0.25) is 0 Å². The van der Waals surface area contributed by atoms with Crippen molar-refractivity contribution in [1.82, 2.24) is 4.90 Å². The zero-order valence-corrected chi connectivity index (χ0v) is 12.3. The first-order chi connectivity index (χ1) is 7.88. The van der Waals surface area contributed by atoms with Gasteiger partial charge in [-0.2, -0.15) is 0 Å². The standard InChI is InChI=1S/C15H29NO/c1-14(2)12-7-8-15(14,3)13(11-12)17-10-6-9-16(4)5/h12-13H,6-11H2,1-5H3. The van der Waals surface area contributed by atoms with E-state index in [1.54, 1.807) is 0 Å². The molecule has 3 unspecified atom stereocenters. The highest BCUT2D eigenvalue weighted by Gasteiger charge is 2.61. The van der Waals surface area contributed by atoms with Crippen LogP contribution < -0.4 is 0 Å². The molecular formula is C15H29NO. The lowest BCUT2D eigenvalue weighted by molar-refractivity contribution is -0.0480. The largest absolute Gasteiger partial charge is 0.378 e. The van der Waals surface area contributed by atoms with Gasteiger partial charge in [-0.05, 0) is 63.1 Å². The van der Waals surface area contributed by atoms with Crippen LogP contribution >= 0.6 is 0 Å². The topological polar surface area (TPSA) is 12.5 Å². The summed E-state index contributed by atoms with van der Waals surface area (Å²) < 4.78 is 6.20. The summed E-state index contributed by atoms with van der Waals surface area (Å²) in [6, 6.07) is 0. The number of hydrogen-bond acceptors (Lipinski definition) is 2. The first-order valence-electron chi connectivity index (χ1n) is 7.14. The maximum absolute atomic E-state index is 6.20. The van der Waals surface area contributed by atoms with Crippen LogP contribution in [0.1, 0.15) is 46.5 Å². The van der Waals surface area contributed by atoms with Gasteiger partial charge in [0.25, 0.3) is 0 Å². The number of nitrogens with zero attached hydrogens (tertiary/aromatic N) is 1. The lowest BCUT2D eigenvalue weighted by atomic mass is 9.70. The molecule has 0 N–H and O–H groups in total. The van der Waals surface area contributed by atoms with Crippen molar-refractivity contribution >= 4 is 0 Å². The summed E-state index contributed by atoms with van der Waals surface area (Å²) in [6.07, 6.45) is 5.75. The van der Waals surface area contributed by atoms with E-state index in [0.29, 0.717) is 16.9 Å². The summed E-state index contributed by atoms with van der Waals surface area (Å²) in [5.41, 5.74) is 0.912. The van der Waals surface area contributed by atoms with Crippen LogP contribution in [0.5, 0.6) is 0 Å². The molecule has 2 bridgehead atoms. The van der Waals surface area contributed by atoms with Crippen LogP contribution in [0.4, 0.5) is 0 Å². The number of rotatable bonds is 5. The highest BCUT2D eigenvalue weighted by atomic mass is 16.5. The van der Waals surface area contributed by atoms with Gasteiger partial charge in [0, 0.05) is 6.61 Å². The Morgan fingerprint density at radius 1 is 1.24 bits per heavy atom. The van der Waals surface area contributed by atoms with Crippen molar-refractivity contribution in [3.05, 3.63) is 0 Å². The zero-order valence-electron chi connectivity index (χ0n) is 12.3. The molecule has 0 aromatic carbocycles. The molecule has 2 heteroatoms. The van der Waals surface area contributed by atoms with Crippen molar-refractivity contribution in [3.8, 4) is 0 Å². The van der Waals surface area contributed by atoms with Gasteiger partial charge in [-0.3, -0.25) is 0 Å². The van der Waals surface area contributed by atoms with Gasteiger partial charge in [0.2, 0.25) is 0 Å². The predicted octanol–water partition coefficient (Wildman–Crippen LogP) is 3.17. The quantitative estimate of drug-likeness (QED) is 0.683. The molecule has 2 nitrogen and oxygen atoms in total. The fourth-order valence-corrected chi connectivity index (χ4v) is 3.99. The van der Waals surface area contributed by atoms with Crippen molar-refractivity contribution in [2.45, 2.75) is 52.6 Å². The van der Waals surface area contributed by atoms with Gasteiger partial charge in [0.1, 0.15) is 0 Å². The van der Waals surface area contributed by atoms with Crippen molar-refractivity contribution < 1.29 is 4.74 Å². The predicted molar refractivity (Wildman–Crippen MR) is 72.1 cm³/mol. The molecule has 0 aromatic rings. The Hall–Kier alpha value is -0.0800. The fraction of sp³-hybridized carbons (Fsp3) is 1.00. The molecule has 0 heterocycles. The fourth-order valence-electron chi connectivity index (χ4n) is 3.99. The minimum atomic E-state index is 0.426. The van der Waals surface area contributed by atoms with E-state index in [0.717, 1.165) is 25.5 Å². The molecule has 2 fully saturated rings. The Morgan fingerprint density at radius 3 is 2.41 bits per heavy atom. The SMILES string of the molecule is CN(C)CCCOC1CC2CCC1(C)C2(C)C. The minimum absolute atomic E-state index is 0.426. The third kappa shape index (κ3) is 2.15. The molecule has 0 amide bonds. The van der Waals surface area contributed by atoms with E-state index >= 15 is 0 Å². The second-order valence-electron chi connectivity index (χ2n) is 7.13. The van der Waals surface area contributed by atoms with E-state index in [1.807, 2.05) is 0 Å². The third-order valence-electron chi connectivity index (χ3n) is 5.78. The molecule has 2 saturated carbocycles. The smallest absolute Gasteiger partial charge is 0.0636 e. The summed E-state index contributed by atoms with van der Waals surface area (Å²) in [7, 11) is 4.25. The number of fused-ring (bicyclic) bond motifs is 2. The first-order valence-corrected chi connectivity index (χ1v) is 7.14. The van der Waals surface area contributed by atoms with Crippen LogP contribution in [0.3, 0.4) is 0 Å². The van der Waals surface area contributed by atoms with E-state index in [9.17, 15) is 0 Å². The Bertz CT molecular complexity index is 274. The Labute approximate surface area is 107 Å². The first kappa shape index (κ1) is 13.4. The van der Waals surface area contributed by atoms with E-state index in [4.69, 9.17) is 4.74 Å². The van der Waals surface area contributed by atoms with Crippen LogP contribution in [0.25, 0.3) is 0 Å². The van der Waals surface area contributed by atoms with Gasteiger partial charge < -0.3 is 9.64 Å². The summed E-state index contributed by atoms with van der Waals surface area (Å²) in [6.45, 7) is 9.43. The molecule has 2 aliphatic carbocycles. The van der Waals surface area contributed by atoms with Gasteiger partial charge in [0.05, 0.1) is 6.10 Å². The van der Waals surface area contributed by atoms with Gasteiger partial charge in [-0.15, -0.1) is 0 Å². The van der Waals surface area contributed by atoms with Crippen LogP contribution in [0, 0.1) is 16.7 Å². The van der Waals surface area contributed by atoms with E-state index in [-0.39, 0.29) is 0 Å². The molecule has 0 saturated heterocycles. The third-order valence-corrected chi connectivity index (χ3v) is 5.78. The van der Waals surface area contributed by atoms with E-state index < -0.39 is 0 Å². The molecule has 2 aliphatic rings. The normalized spacial score (nSPS) is 39.2. The Kier molecular flexibility index (Phi) is 3.57. The van der Waals surface area contributed by atoms with Gasteiger partial charge >= 0.3 is 0 Å². The van der Waals surface area contributed by atoms with Gasteiger partial charge in [-0.1, -0.05) is 20.8 Å². The maximum atomic E-state index is 6.20. The van der Waals surface area contributed by atoms with Crippen LogP contribution in [-0.2, 0) is 4.74 Å². The van der Waals surface area contributed by atoms with Crippen LogP contribution in [-0.4, -0.2) is 38.3 Å². The van der Waals surface area contributed by atoms with Crippen molar-refractivity contribution in [1.29, 1.82) is 0 Å². The number of ether oxygens (including phenoxy) is 1. The number of hydrogen-bond donors (Lipinski definition) is 0. The summed E-state index contributed by atoms with van der Waals surface area (Å²) >= 11 is 0. The van der Waals surface area contributed by atoms with Gasteiger partial charge in [-0.25, -0.2) is 0 Å². The summed E-state index contributed by atoms with van der Waals surface area (Å²) in [5.74, 6) is 0.895. The highest BCUT2D eigenvalue weighted by molar-refractivity contribution is 5.11. The molecule has 0 aromatic heterocycles. The average Bonchev–Trinajstić information content (AvgIpc) is 2.56. The van der Waals surface area contributed by atoms with Crippen molar-refractivity contribution in [2.75, 3.05) is 27.2 Å². The molecule has 17 heavy (non-hydrogen) atoms. The molecule has 3 atom stereocenters. The minimum Gasteiger partial charge on any atom is -0.378 e. The zero-order chi connectivity index (χ0) is 12.7. The molecule has 0 radical (unpaired) electrons. The van der Waals surface area contributed by atoms with Crippen molar-refractivity contribution in [2.24, 2.45) is 16.7 Å². The lowest BCUT2D eigenvalue weighted by Crippen LogP contribution is -2.37. The van der Waals surface area contributed by atoms with E-state index in [2.05, 4.69) is 39.8 Å². The average molecular weight is 239 g/mol. The second kappa shape index (κ2) is 4.55. The summed E-state index contributed by atoms with van der Waals surface area (Å²) in [4.78, 5) is 2.23. The highest BCUT2D eigenvalue weighted by Crippen LogP contribution is 2.66. The molecule has 0 spiro atoms. The molecule has 0 aliphatic heterocycles. The molecular weight excluding hydrogens is 210 g/mol. The Morgan fingerprint density at radius 2 is 1.94 bits per heavy atom. The monoisotopic (exact) mass is 239 g/mol. The maximum Gasteiger partial charge on any atom is 0.0636 e. The van der Waals surface area contributed by atoms with E-state index in [1.165, 1.54) is 19.3 Å². The van der Waals surface area contributed by atoms with Crippen LogP contribution in [0.15, 0.2) is 0 Å². The van der Waals surface area contributed by atoms with Gasteiger partial charge in [0.15, 0.2) is 0 Å². The second-order valence-corrected chi connectivity index (χ2v) is 7.13. The lowest BCUT2D eigenvalue weighted by Gasteiger charge is -2.39. The molecule has 100 valence electrons. The molecule has 2 rings (SSSR count).